The predicted molar refractivity (Wildman–Crippen MR) is 39.1 cm³/mol. The Morgan fingerprint density at radius 1 is 0.647 bits per heavy atom. The molecule has 0 heterocycles. The van der Waals surface area contributed by atoms with E-state index in [1.165, 1.54) is 0 Å². The molecule has 0 N–H and O–H groups in total. The summed E-state index contributed by atoms with van der Waals surface area (Å²) in [6, 6.07) is 0. The summed E-state index contributed by atoms with van der Waals surface area (Å²) >= 11 is 0. The molecule has 0 spiro atoms. The first-order chi connectivity index (χ1) is 6.77. The minimum absolute atomic E-state index is 0. The van der Waals surface area contributed by atoms with E-state index in [0.29, 0.717) is 0 Å². The average molecular weight is 300 g/mol. The van der Waals surface area contributed by atoms with Crippen molar-refractivity contribution in [3.05, 3.63) is 52.8 Å². The summed E-state index contributed by atoms with van der Waals surface area (Å²) in [7, 11) is 0. The molecule has 0 saturated heterocycles. The molecule has 14 heteroatoms. The van der Waals surface area contributed by atoms with Crippen LogP contribution >= 0.6 is 0 Å². The number of hydrogen-bond donors (Lipinski definition) is 0. The van der Waals surface area contributed by atoms with Gasteiger partial charge in [0.1, 0.15) is 0 Å². The molecule has 17 heavy (non-hydrogen) atoms. The molecule has 0 atom stereocenters. The maximum atomic E-state index is 9.99. The van der Waals surface area contributed by atoms with Crippen LogP contribution in [0.5, 0.6) is 0 Å². The van der Waals surface area contributed by atoms with E-state index in [-0.39, 0.29) is 103 Å². The van der Waals surface area contributed by atoms with Crippen LogP contribution < -0.4 is 103 Å². The SMILES string of the molecule is O=[N+]([O-])[C-](C[C-]([N+](=O)[O-])[N+](=O)[O-])[N+](=O)[O-].[K+].[K+]. The topological polar surface area (TPSA) is 173 Å². The smallest absolute Gasteiger partial charge is 0.289 e. The average Bonchev–Trinajstić information content (AvgIpc) is 2.01. The summed E-state index contributed by atoms with van der Waals surface area (Å²) in [5.41, 5.74) is 0. The van der Waals surface area contributed by atoms with E-state index >= 15 is 0 Å². The van der Waals surface area contributed by atoms with Crippen molar-refractivity contribution in [1.82, 2.24) is 0 Å². The zero-order valence-electron chi connectivity index (χ0n) is 8.76. The number of nitrogens with zero attached hydrogens (tertiary/aromatic N) is 4. The third-order valence-corrected chi connectivity index (χ3v) is 1.16. The van der Waals surface area contributed by atoms with Gasteiger partial charge in [0, 0.05) is 0 Å². The van der Waals surface area contributed by atoms with Crippen molar-refractivity contribution in [2.24, 2.45) is 0 Å². The first-order valence-corrected chi connectivity index (χ1v) is 3.06. The molecule has 0 fully saturated rings. The first kappa shape index (κ1) is 22.8. The van der Waals surface area contributed by atoms with Crippen molar-refractivity contribution in [3.8, 4) is 0 Å². The molecular formula is C3H2K2N4O8. The van der Waals surface area contributed by atoms with Crippen molar-refractivity contribution in [2.75, 3.05) is 0 Å². The Morgan fingerprint density at radius 3 is 0.941 bits per heavy atom. The van der Waals surface area contributed by atoms with Gasteiger partial charge in [-0.05, 0) is 26.1 Å². The van der Waals surface area contributed by atoms with Crippen molar-refractivity contribution >= 4 is 0 Å². The van der Waals surface area contributed by atoms with Gasteiger partial charge in [0.25, 0.3) is 0 Å². The van der Waals surface area contributed by atoms with Gasteiger partial charge in [-0.25, -0.2) is 0 Å². The number of rotatable bonds is 6. The van der Waals surface area contributed by atoms with Gasteiger partial charge >= 0.3 is 103 Å². The molecule has 0 rings (SSSR count). The van der Waals surface area contributed by atoms with Gasteiger partial charge in [0.15, 0.2) is 0 Å². The van der Waals surface area contributed by atoms with E-state index in [9.17, 15) is 40.5 Å². The molecule has 12 nitrogen and oxygen atoms in total. The van der Waals surface area contributed by atoms with E-state index in [1.807, 2.05) is 0 Å². The molecule has 0 aromatic rings. The second-order valence-corrected chi connectivity index (χ2v) is 2.04. The zero-order valence-corrected chi connectivity index (χ0v) is 15.0. The molecular weight excluding hydrogens is 298 g/mol. The molecule has 84 valence electrons. The summed E-state index contributed by atoms with van der Waals surface area (Å²) in [5.74, 6) is 0. The van der Waals surface area contributed by atoms with Gasteiger partial charge in [0.2, 0.25) is 12.3 Å². The van der Waals surface area contributed by atoms with Gasteiger partial charge < -0.3 is 0 Å². The van der Waals surface area contributed by atoms with Crippen molar-refractivity contribution in [3.63, 3.8) is 0 Å². The zero-order chi connectivity index (χ0) is 12.2. The molecule has 0 aromatic carbocycles. The Bertz CT molecular complexity index is 264. The second kappa shape index (κ2) is 10.5. The van der Waals surface area contributed by atoms with Gasteiger partial charge in [-0.15, -0.1) is 0 Å². The van der Waals surface area contributed by atoms with E-state index in [4.69, 9.17) is 0 Å². The van der Waals surface area contributed by atoms with Gasteiger partial charge in [0.05, 0.1) is 0 Å². The summed E-state index contributed by atoms with van der Waals surface area (Å²) in [5, 5.41) is 40.0. The van der Waals surface area contributed by atoms with E-state index in [0.717, 1.165) is 0 Å². The molecule has 0 radical (unpaired) electrons. The Kier molecular flexibility index (Phi) is 14.1. The van der Waals surface area contributed by atoms with Crippen LogP contribution in [-0.2, 0) is 0 Å². The molecule has 0 aliphatic heterocycles. The quantitative estimate of drug-likeness (QED) is 0.201. The van der Waals surface area contributed by atoms with E-state index in [1.54, 1.807) is 0 Å². The molecule has 0 aliphatic rings. The van der Waals surface area contributed by atoms with Crippen LogP contribution in [0.25, 0.3) is 0 Å². The minimum Gasteiger partial charge on any atom is -0.289 e. The van der Waals surface area contributed by atoms with Gasteiger partial charge in [-0.3, -0.25) is 40.5 Å². The minimum atomic E-state index is -1.72. The predicted octanol–water partition coefficient (Wildman–Crippen LogP) is -6.53. The summed E-state index contributed by atoms with van der Waals surface area (Å²) < 4.78 is 0. The van der Waals surface area contributed by atoms with E-state index in [2.05, 4.69) is 0 Å². The molecule has 0 saturated carbocycles. The fourth-order valence-corrected chi connectivity index (χ4v) is 0.533. The maximum Gasteiger partial charge on any atom is 1.00 e. The molecule has 0 unspecified atom stereocenters. The fraction of sp³-hybridized carbons (Fsp3) is 0.333. The van der Waals surface area contributed by atoms with Gasteiger partial charge in [-0.1, -0.05) is 0 Å². The monoisotopic (exact) mass is 300 g/mol. The largest absolute Gasteiger partial charge is 1.00 e. The summed E-state index contributed by atoms with van der Waals surface area (Å²) in [4.78, 5) is 33.9. The summed E-state index contributed by atoms with van der Waals surface area (Å²) in [6.07, 6.45) is -5.00. The van der Waals surface area contributed by atoms with Crippen LogP contribution in [0.15, 0.2) is 0 Å². The normalized spacial score (nSPS) is 8.00. The standard InChI is InChI=1S/C3H2N4O8.2K/c8-4(9)2(5(10)11)1-3(6(12)13)7(14)15;;/h1H2;;/q-2;2*+1. The maximum absolute atomic E-state index is 9.99. The van der Waals surface area contributed by atoms with Gasteiger partial charge in [-0.2, -0.15) is 0 Å². The van der Waals surface area contributed by atoms with Crippen molar-refractivity contribution in [2.45, 2.75) is 6.42 Å². The van der Waals surface area contributed by atoms with Crippen LogP contribution in [0, 0.1) is 52.8 Å². The fourth-order valence-electron chi connectivity index (χ4n) is 0.533. The Balaban J connectivity index is -0.000000980. The van der Waals surface area contributed by atoms with Crippen LogP contribution in [0.4, 0.5) is 0 Å². The number of hydrogen-bond acceptors (Lipinski definition) is 8. The molecule has 0 aliphatic carbocycles. The Hall–Kier alpha value is 0.613. The van der Waals surface area contributed by atoms with E-state index < -0.39 is 38.4 Å². The molecule has 0 bridgehead atoms. The molecule has 0 amide bonds. The Labute approximate surface area is 178 Å². The molecule has 0 aromatic heterocycles. The van der Waals surface area contributed by atoms with Crippen LogP contribution in [-0.4, -0.2) is 19.7 Å². The van der Waals surface area contributed by atoms with Crippen LogP contribution in [0.3, 0.4) is 0 Å². The third-order valence-electron chi connectivity index (χ3n) is 1.16. The first-order valence-electron chi connectivity index (χ1n) is 3.06. The van der Waals surface area contributed by atoms with Crippen molar-refractivity contribution in [1.29, 1.82) is 0 Å². The Morgan fingerprint density at radius 2 is 0.824 bits per heavy atom. The van der Waals surface area contributed by atoms with Crippen LogP contribution in [0.2, 0.25) is 0 Å². The summed E-state index contributed by atoms with van der Waals surface area (Å²) in [6.45, 7) is 0. The van der Waals surface area contributed by atoms with Crippen LogP contribution in [0.1, 0.15) is 6.42 Å². The second-order valence-electron chi connectivity index (χ2n) is 2.04. The number of nitro groups is 4. The van der Waals surface area contributed by atoms with Crippen molar-refractivity contribution < 1.29 is 122 Å². The third kappa shape index (κ3) is 8.35.